The summed E-state index contributed by atoms with van der Waals surface area (Å²) in [6.45, 7) is 3.55. The van der Waals surface area contributed by atoms with Gasteiger partial charge in [-0.2, -0.15) is 0 Å². The highest BCUT2D eigenvalue weighted by molar-refractivity contribution is 5.71. The SMILES string of the molecule is C=C[C@H]1CC[C@@H]1C(=O)O. The van der Waals surface area contributed by atoms with Crippen LogP contribution in [0.2, 0.25) is 0 Å². The second-order valence-electron chi connectivity index (χ2n) is 2.42. The van der Waals surface area contributed by atoms with Gasteiger partial charge in [-0.1, -0.05) is 6.08 Å². The quantitative estimate of drug-likeness (QED) is 0.566. The van der Waals surface area contributed by atoms with Gasteiger partial charge in [0.25, 0.3) is 0 Å². The molecule has 0 spiro atoms. The van der Waals surface area contributed by atoms with Gasteiger partial charge in [0.1, 0.15) is 0 Å². The average molecular weight is 126 g/mol. The van der Waals surface area contributed by atoms with E-state index in [-0.39, 0.29) is 11.8 Å². The Bertz CT molecular complexity index is 140. The van der Waals surface area contributed by atoms with E-state index >= 15 is 0 Å². The van der Waals surface area contributed by atoms with Crippen molar-refractivity contribution in [2.45, 2.75) is 12.8 Å². The van der Waals surface area contributed by atoms with Crippen LogP contribution >= 0.6 is 0 Å². The lowest BCUT2D eigenvalue weighted by molar-refractivity contribution is -0.146. The van der Waals surface area contributed by atoms with Gasteiger partial charge in [0.15, 0.2) is 0 Å². The summed E-state index contributed by atoms with van der Waals surface area (Å²) in [5.41, 5.74) is 0. The molecule has 0 unspecified atom stereocenters. The summed E-state index contributed by atoms with van der Waals surface area (Å²) in [5, 5.41) is 8.49. The first kappa shape index (κ1) is 6.33. The number of carbonyl (C=O) groups is 1. The van der Waals surface area contributed by atoms with Gasteiger partial charge in [-0.3, -0.25) is 4.79 Å². The van der Waals surface area contributed by atoms with Crippen LogP contribution in [-0.4, -0.2) is 11.1 Å². The molecule has 1 rings (SSSR count). The molecule has 50 valence electrons. The first-order chi connectivity index (χ1) is 4.25. The van der Waals surface area contributed by atoms with Crippen LogP contribution in [0.15, 0.2) is 12.7 Å². The highest BCUT2D eigenvalue weighted by Crippen LogP contribution is 2.34. The summed E-state index contributed by atoms with van der Waals surface area (Å²) in [4.78, 5) is 10.3. The summed E-state index contributed by atoms with van der Waals surface area (Å²) in [6.07, 6.45) is 3.56. The van der Waals surface area contributed by atoms with Crippen LogP contribution in [0.3, 0.4) is 0 Å². The summed E-state index contributed by atoms with van der Waals surface area (Å²) < 4.78 is 0. The van der Waals surface area contributed by atoms with Crippen LogP contribution in [-0.2, 0) is 4.79 Å². The minimum atomic E-state index is -0.675. The number of aliphatic carboxylic acids is 1. The molecule has 0 amide bonds. The Balaban J connectivity index is 2.44. The molecule has 0 heterocycles. The first-order valence-corrected chi connectivity index (χ1v) is 3.11. The van der Waals surface area contributed by atoms with Gasteiger partial charge in [-0.05, 0) is 18.8 Å². The van der Waals surface area contributed by atoms with E-state index in [1.165, 1.54) is 0 Å². The Hall–Kier alpha value is -0.790. The molecule has 1 aliphatic rings. The largest absolute Gasteiger partial charge is 0.481 e. The van der Waals surface area contributed by atoms with Crippen molar-refractivity contribution in [3.05, 3.63) is 12.7 Å². The molecule has 0 saturated heterocycles. The van der Waals surface area contributed by atoms with E-state index in [0.29, 0.717) is 0 Å². The van der Waals surface area contributed by atoms with Gasteiger partial charge in [0, 0.05) is 0 Å². The lowest BCUT2D eigenvalue weighted by atomic mass is 9.74. The predicted molar refractivity (Wildman–Crippen MR) is 34.0 cm³/mol. The molecule has 2 atom stereocenters. The Kier molecular flexibility index (Phi) is 1.56. The zero-order valence-corrected chi connectivity index (χ0v) is 5.21. The third kappa shape index (κ3) is 0.969. The fourth-order valence-electron chi connectivity index (χ4n) is 1.11. The third-order valence-electron chi connectivity index (χ3n) is 1.95. The van der Waals surface area contributed by atoms with E-state index in [1.54, 1.807) is 6.08 Å². The third-order valence-corrected chi connectivity index (χ3v) is 1.95. The van der Waals surface area contributed by atoms with E-state index in [0.717, 1.165) is 12.8 Å². The summed E-state index contributed by atoms with van der Waals surface area (Å²) in [7, 11) is 0. The van der Waals surface area contributed by atoms with E-state index in [4.69, 9.17) is 5.11 Å². The molecule has 0 aromatic rings. The molecular weight excluding hydrogens is 116 g/mol. The van der Waals surface area contributed by atoms with Crippen molar-refractivity contribution in [2.75, 3.05) is 0 Å². The van der Waals surface area contributed by atoms with Crippen LogP contribution in [0.1, 0.15) is 12.8 Å². The number of rotatable bonds is 2. The van der Waals surface area contributed by atoms with Gasteiger partial charge in [0.2, 0.25) is 0 Å². The van der Waals surface area contributed by atoms with E-state index in [9.17, 15) is 4.79 Å². The molecule has 0 bridgehead atoms. The molecule has 2 heteroatoms. The van der Waals surface area contributed by atoms with Crippen LogP contribution in [0.4, 0.5) is 0 Å². The molecule has 1 N–H and O–H groups in total. The lowest BCUT2D eigenvalue weighted by Gasteiger charge is -2.30. The molecule has 9 heavy (non-hydrogen) atoms. The fourth-order valence-corrected chi connectivity index (χ4v) is 1.11. The van der Waals surface area contributed by atoms with Gasteiger partial charge in [0.05, 0.1) is 5.92 Å². The lowest BCUT2D eigenvalue weighted by Crippen LogP contribution is -2.31. The molecule has 2 nitrogen and oxygen atoms in total. The molecule has 1 fully saturated rings. The normalized spacial score (nSPS) is 32.9. The zero-order valence-electron chi connectivity index (χ0n) is 5.21. The van der Waals surface area contributed by atoms with Crippen molar-refractivity contribution in [1.82, 2.24) is 0 Å². The van der Waals surface area contributed by atoms with Gasteiger partial charge >= 0.3 is 5.97 Å². The van der Waals surface area contributed by atoms with Crippen LogP contribution in [0, 0.1) is 11.8 Å². The molecule has 0 aromatic carbocycles. The van der Waals surface area contributed by atoms with Crippen molar-refractivity contribution in [2.24, 2.45) is 11.8 Å². The second kappa shape index (κ2) is 2.21. The molecule has 0 aliphatic heterocycles. The van der Waals surface area contributed by atoms with E-state index in [2.05, 4.69) is 6.58 Å². The maximum atomic E-state index is 10.3. The Morgan fingerprint density at radius 1 is 1.67 bits per heavy atom. The van der Waals surface area contributed by atoms with Crippen molar-refractivity contribution < 1.29 is 9.90 Å². The fraction of sp³-hybridized carbons (Fsp3) is 0.571. The Morgan fingerprint density at radius 2 is 2.33 bits per heavy atom. The minimum absolute atomic E-state index is 0.137. The maximum absolute atomic E-state index is 10.3. The van der Waals surface area contributed by atoms with Crippen LogP contribution in [0.25, 0.3) is 0 Å². The molecule has 0 radical (unpaired) electrons. The zero-order chi connectivity index (χ0) is 6.85. The van der Waals surface area contributed by atoms with Crippen LogP contribution in [0.5, 0.6) is 0 Å². The minimum Gasteiger partial charge on any atom is -0.481 e. The van der Waals surface area contributed by atoms with Gasteiger partial charge < -0.3 is 5.11 Å². The standard InChI is InChI=1S/C7H10O2/c1-2-5-3-4-6(5)7(8)9/h2,5-6H,1,3-4H2,(H,8,9)/t5-,6-/m0/s1. The van der Waals surface area contributed by atoms with E-state index in [1.807, 2.05) is 0 Å². The highest BCUT2D eigenvalue weighted by Gasteiger charge is 2.33. The second-order valence-corrected chi connectivity index (χ2v) is 2.42. The predicted octanol–water partition coefficient (Wildman–Crippen LogP) is 1.28. The van der Waals surface area contributed by atoms with Crippen molar-refractivity contribution >= 4 is 5.97 Å². The number of carboxylic acids is 1. The topological polar surface area (TPSA) is 37.3 Å². The van der Waals surface area contributed by atoms with Crippen molar-refractivity contribution in [3.8, 4) is 0 Å². The average Bonchev–Trinajstić information content (AvgIpc) is 1.61. The maximum Gasteiger partial charge on any atom is 0.307 e. The summed E-state index contributed by atoms with van der Waals surface area (Å²) in [5.74, 6) is -0.573. The Morgan fingerprint density at radius 3 is 2.44 bits per heavy atom. The number of carboxylic acid groups (broad SMARTS) is 1. The molecule has 0 aromatic heterocycles. The molecule has 1 saturated carbocycles. The van der Waals surface area contributed by atoms with E-state index < -0.39 is 5.97 Å². The summed E-state index contributed by atoms with van der Waals surface area (Å²) in [6, 6.07) is 0. The number of allylic oxidation sites excluding steroid dienone is 1. The van der Waals surface area contributed by atoms with Gasteiger partial charge in [-0.25, -0.2) is 0 Å². The highest BCUT2D eigenvalue weighted by atomic mass is 16.4. The molecular formula is C7H10O2. The van der Waals surface area contributed by atoms with Crippen LogP contribution < -0.4 is 0 Å². The monoisotopic (exact) mass is 126 g/mol. The summed E-state index contributed by atoms with van der Waals surface area (Å²) >= 11 is 0. The molecule has 1 aliphatic carbocycles. The number of hydrogen-bond donors (Lipinski definition) is 1. The van der Waals surface area contributed by atoms with Crippen molar-refractivity contribution in [3.63, 3.8) is 0 Å². The smallest absolute Gasteiger partial charge is 0.307 e. The first-order valence-electron chi connectivity index (χ1n) is 3.11. The van der Waals surface area contributed by atoms with Gasteiger partial charge in [-0.15, -0.1) is 6.58 Å². The number of hydrogen-bond acceptors (Lipinski definition) is 1. The Labute approximate surface area is 54.2 Å². The van der Waals surface area contributed by atoms with Crippen molar-refractivity contribution in [1.29, 1.82) is 0 Å².